The van der Waals surface area contributed by atoms with E-state index in [-0.39, 0.29) is 29.9 Å². The molecule has 2 unspecified atom stereocenters. The number of rotatable bonds is 15. The van der Waals surface area contributed by atoms with Gasteiger partial charge in [0, 0.05) is 49.7 Å². The molecule has 5 nitrogen and oxygen atoms in total. The molecule has 2 rings (SSSR count). The fourth-order valence-corrected chi connectivity index (χ4v) is 6.17. The van der Waals surface area contributed by atoms with Gasteiger partial charge in [-0.25, -0.2) is 8.70 Å². The van der Waals surface area contributed by atoms with Crippen LogP contribution >= 0.6 is 11.9 Å². The Morgan fingerprint density at radius 1 is 1.22 bits per heavy atom. The second-order valence-corrected chi connectivity index (χ2v) is 12.5. The molecule has 46 heavy (non-hydrogen) atoms. The van der Waals surface area contributed by atoms with Crippen LogP contribution in [0.15, 0.2) is 96.1 Å². The van der Waals surface area contributed by atoms with Crippen LogP contribution in [0.3, 0.4) is 0 Å². The molecule has 0 aliphatic carbocycles. The number of amides is 1. The molecule has 7 heteroatoms. The van der Waals surface area contributed by atoms with E-state index in [1.54, 1.807) is 12.2 Å². The van der Waals surface area contributed by atoms with Crippen molar-refractivity contribution in [1.82, 2.24) is 14.9 Å². The maximum Gasteiger partial charge on any atom is 0.228 e. The number of hydrogen-bond acceptors (Lipinski definition) is 5. The third-order valence-corrected chi connectivity index (χ3v) is 8.74. The summed E-state index contributed by atoms with van der Waals surface area (Å²) >= 11 is 1.87. The summed E-state index contributed by atoms with van der Waals surface area (Å²) in [4.78, 5) is 13.4. The number of carbonyl (C=O) groups is 1. The zero-order valence-electron chi connectivity index (χ0n) is 28.7. The fourth-order valence-electron chi connectivity index (χ4n) is 5.20. The molecule has 2 fully saturated rings. The zero-order valence-corrected chi connectivity index (χ0v) is 29.5. The lowest BCUT2D eigenvalue weighted by molar-refractivity contribution is -0.120. The van der Waals surface area contributed by atoms with Crippen molar-refractivity contribution >= 4 is 17.9 Å². The summed E-state index contributed by atoms with van der Waals surface area (Å²) in [7, 11) is 0. The first-order valence-electron chi connectivity index (χ1n) is 15.9. The minimum Gasteiger partial charge on any atom is -0.376 e. The molecule has 0 aromatic heterocycles. The number of carbonyl (C=O) groups excluding carboxylic acids is 1. The van der Waals surface area contributed by atoms with Crippen molar-refractivity contribution in [3.05, 3.63) is 96.1 Å². The SMILES string of the molecule is C#C.C#C.C=C\C=C(C)/C=C\C=C(/CC(=O)NC(=C/C)/C(CC=CC1CNCCN1SCCC)=C(/F)C=C)C1CCOC(C)(C)C1. The first kappa shape index (κ1) is 42.7. The molecule has 2 N–H and O–H groups in total. The molecule has 2 aliphatic rings. The van der Waals surface area contributed by atoms with E-state index in [0.717, 1.165) is 55.8 Å². The number of halogens is 1. The van der Waals surface area contributed by atoms with Crippen LogP contribution in [0, 0.1) is 31.6 Å². The topological polar surface area (TPSA) is 53.6 Å². The van der Waals surface area contributed by atoms with Crippen LogP contribution in [-0.4, -0.2) is 53.8 Å². The van der Waals surface area contributed by atoms with E-state index < -0.39 is 5.83 Å². The summed E-state index contributed by atoms with van der Waals surface area (Å²) in [6.45, 7) is 21.1. The van der Waals surface area contributed by atoms with Gasteiger partial charge in [-0.1, -0.05) is 91.8 Å². The van der Waals surface area contributed by atoms with Crippen molar-refractivity contribution in [1.29, 1.82) is 0 Å². The second-order valence-electron chi connectivity index (χ2n) is 11.4. The normalized spacial score (nSPS) is 21.3. The quantitative estimate of drug-likeness (QED) is 0.0808. The number of terminal acetylenes is 2. The molecular weight excluding hydrogens is 594 g/mol. The predicted octanol–water partition coefficient (Wildman–Crippen LogP) is 8.40. The van der Waals surface area contributed by atoms with E-state index in [2.05, 4.69) is 80.6 Å². The van der Waals surface area contributed by atoms with Gasteiger partial charge in [-0.3, -0.25) is 4.79 Å². The zero-order chi connectivity index (χ0) is 35.0. The Morgan fingerprint density at radius 2 is 1.93 bits per heavy atom. The van der Waals surface area contributed by atoms with Crippen LogP contribution in [0.25, 0.3) is 0 Å². The lowest BCUT2D eigenvalue weighted by Crippen LogP contribution is -2.47. The molecule has 252 valence electrons. The number of hydrogen-bond donors (Lipinski definition) is 2. The maximum atomic E-state index is 15.1. The maximum absolute atomic E-state index is 15.1. The van der Waals surface area contributed by atoms with Gasteiger partial charge in [0.1, 0.15) is 5.83 Å². The molecular formula is C39H56FN3O2S. The Labute approximate surface area is 284 Å². The van der Waals surface area contributed by atoms with Gasteiger partial charge >= 0.3 is 0 Å². The Morgan fingerprint density at radius 3 is 2.54 bits per heavy atom. The number of ether oxygens (including phenoxy) is 1. The van der Waals surface area contributed by atoms with Gasteiger partial charge in [-0.05, 0) is 65.4 Å². The molecule has 2 aliphatic heterocycles. The first-order chi connectivity index (χ1) is 22.1. The molecule has 0 bridgehead atoms. The number of nitrogens with one attached hydrogen (secondary N) is 2. The van der Waals surface area contributed by atoms with Gasteiger partial charge < -0.3 is 15.4 Å². The molecule has 0 aromatic carbocycles. The van der Waals surface area contributed by atoms with Crippen molar-refractivity contribution in [2.45, 2.75) is 78.4 Å². The molecule has 0 radical (unpaired) electrons. The highest BCUT2D eigenvalue weighted by atomic mass is 32.2. The molecule has 0 saturated carbocycles. The summed E-state index contributed by atoms with van der Waals surface area (Å²) < 4.78 is 23.4. The third kappa shape index (κ3) is 16.3. The highest BCUT2D eigenvalue weighted by Crippen LogP contribution is 2.34. The molecule has 0 aromatic rings. The van der Waals surface area contributed by atoms with Crippen LogP contribution in [0.5, 0.6) is 0 Å². The van der Waals surface area contributed by atoms with Crippen LogP contribution in [-0.2, 0) is 9.53 Å². The van der Waals surface area contributed by atoms with Gasteiger partial charge in [0.05, 0.1) is 11.6 Å². The Kier molecular flexibility index (Phi) is 23.0. The summed E-state index contributed by atoms with van der Waals surface area (Å²) in [5.41, 5.74) is 2.78. The highest BCUT2D eigenvalue weighted by Gasteiger charge is 2.31. The van der Waals surface area contributed by atoms with E-state index in [4.69, 9.17) is 4.74 Å². The molecule has 1 amide bonds. The van der Waals surface area contributed by atoms with E-state index in [0.29, 0.717) is 24.3 Å². The lowest BCUT2D eigenvalue weighted by atomic mass is 9.81. The van der Waals surface area contributed by atoms with Crippen LogP contribution in [0.2, 0.25) is 0 Å². The van der Waals surface area contributed by atoms with E-state index in [9.17, 15) is 4.79 Å². The van der Waals surface area contributed by atoms with Crippen LogP contribution < -0.4 is 10.6 Å². The average molecular weight is 650 g/mol. The van der Waals surface area contributed by atoms with E-state index in [1.807, 2.05) is 56.2 Å². The van der Waals surface area contributed by atoms with E-state index in [1.165, 1.54) is 6.08 Å². The number of piperazine rings is 1. The highest BCUT2D eigenvalue weighted by molar-refractivity contribution is 7.97. The predicted molar refractivity (Wildman–Crippen MR) is 198 cm³/mol. The Balaban J connectivity index is 0.00000486. The Bertz CT molecular complexity index is 1180. The lowest BCUT2D eigenvalue weighted by Gasteiger charge is -2.36. The minimum atomic E-state index is -0.429. The van der Waals surface area contributed by atoms with Crippen LogP contribution in [0.1, 0.15) is 66.7 Å². The van der Waals surface area contributed by atoms with Crippen molar-refractivity contribution in [3.8, 4) is 25.7 Å². The van der Waals surface area contributed by atoms with Crippen molar-refractivity contribution in [2.24, 2.45) is 5.92 Å². The summed E-state index contributed by atoms with van der Waals surface area (Å²) in [6, 6.07) is 0.237. The Hall–Kier alpha value is -3.33. The molecule has 2 heterocycles. The minimum absolute atomic E-state index is 0.164. The third-order valence-electron chi connectivity index (χ3n) is 7.37. The van der Waals surface area contributed by atoms with Gasteiger partial charge in [-0.2, -0.15) is 0 Å². The first-order valence-corrected chi connectivity index (χ1v) is 16.8. The average Bonchev–Trinajstić information content (AvgIpc) is 3.06. The standard InChI is InChI=1S/C35H52FN3O2S.2C2H2/c1-8-14-27(5)15-12-16-28(29-19-22-41-35(6,7)25-29)24-34(40)38-33(11-4)31(32(36)10-3)18-13-17-30-26-37-20-21-39(30)42-23-9-2;2*1-2/h8,10-17,29-30,37H,1,3,9,18-26H2,2,4-7H3,(H,38,40);2*1-2H/b15-12-,17-13?,27-14-,28-16+,32-31+,33-11+;;. The smallest absolute Gasteiger partial charge is 0.228 e. The van der Waals surface area contributed by atoms with E-state index >= 15 is 4.39 Å². The van der Waals surface area contributed by atoms with Crippen LogP contribution in [0.4, 0.5) is 4.39 Å². The molecule has 0 spiro atoms. The number of allylic oxidation sites excluding steroid dienone is 11. The monoisotopic (exact) mass is 649 g/mol. The largest absolute Gasteiger partial charge is 0.376 e. The summed E-state index contributed by atoms with van der Waals surface area (Å²) in [5, 5.41) is 6.46. The van der Waals surface area contributed by atoms with Gasteiger partial charge in [0.15, 0.2) is 0 Å². The summed E-state index contributed by atoms with van der Waals surface area (Å²) in [6.07, 6.45) is 36.3. The number of nitrogens with zero attached hydrogens (tertiary/aromatic N) is 1. The van der Waals surface area contributed by atoms with Gasteiger partial charge in [0.25, 0.3) is 0 Å². The molecule has 2 saturated heterocycles. The van der Waals surface area contributed by atoms with Crippen molar-refractivity contribution in [2.75, 3.05) is 32.0 Å². The summed E-state index contributed by atoms with van der Waals surface area (Å²) in [5.74, 6) is 0.712. The fraction of sp³-hybridized carbons (Fsp3) is 0.462. The van der Waals surface area contributed by atoms with Crippen molar-refractivity contribution < 1.29 is 13.9 Å². The second kappa shape index (κ2) is 24.8. The van der Waals surface area contributed by atoms with Gasteiger partial charge in [-0.15, -0.1) is 25.7 Å². The molecule has 2 atom stereocenters. The van der Waals surface area contributed by atoms with Gasteiger partial charge in [0.2, 0.25) is 5.91 Å². The van der Waals surface area contributed by atoms with Crippen molar-refractivity contribution in [3.63, 3.8) is 0 Å².